The van der Waals surface area contributed by atoms with Crippen LogP contribution >= 0.6 is 0 Å². The van der Waals surface area contributed by atoms with E-state index in [2.05, 4.69) is 25.4 Å². The number of hydrogen-bond donors (Lipinski definition) is 1. The summed E-state index contributed by atoms with van der Waals surface area (Å²) in [5, 5.41) is 6.91. The van der Waals surface area contributed by atoms with Crippen LogP contribution in [0, 0.1) is 13.8 Å². The van der Waals surface area contributed by atoms with Gasteiger partial charge in [-0.1, -0.05) is 23.4 Å². The van der Waals surface area contributed by atoms with Crippen molar-refractivity contribution < 1.29 is 9.32 Å². The molecule has 0 spiro atoms. The summed E-state index contributed by atoms with van der Waals surface area (Å²) in [6, 6.07) is 11.2. The van der Waals surface area contributed by atoms with E-state index in [0.717, 1.165) is 16.8 Å². The molecule has 0 saturated carbocycles. The first-order valence-electron chi connectivity index (χ1n) is 8.74. The van der Waals surface area contributed by atoms with Gasteiger partial charge in [-0.2, -0.15) is 4.98 Å². The molecule has 8 heteroatoms. The van der Waals surface area contributed by atoms with Crippen molar-refractivity contribution in [2.24, 2.45) is 0 Å². The highest BCUT2D eigenvalue weighted by Gasteiger charge is 2.16. The molecule has 0 saturated heterocycles. The lowest BCUT2D eigenvalue weighted by molar-refractivity contribution is -0.116. The van der Waals surface area contributed by atoms with Crippen LogP contribution in [0.5, 0.6) is 0 Å². The number of carbonyl (C=O) groups excluding carboxylic acids is 1. The van der Waals surface area contributed by atoms with Crippen LogP contribution in [-0.2, 0) is 11.3 Å². The molecule has 0 radical (unpaired) electrons. The van der Waals surface area contributed by atoms with E-state index in [4.69, 9.17) is 4.52 Å². The Morgan fingerprint density at radius 3 is 2.68 bits per heavy atom. The van der Waals surface area contributed by atoms with Crippen LogP contribution in [0.15, 0.2) is 59.5 Å². The van der Waals surface area contributed by atoms with Crippen LogP contribution in [0.4, 0.5) is 5.69 Å². The summed E-state index contributed by atoms with van der Waals surface area (Å²) in [6.07, 6.45) is 5.06. The first kappa shape index (κ1) is 17.6. The number of para-hydroxylation sites is 1. The van der Waals surface area contributed by atoms with Gasteiger partial charge in [-0.3, -0.25) is 9.78 Å². The van der Waals surface area contributed by atoms with Crippen LogP contribution in [0.3, 0.4) is 0 Å². The Morgan fingerprint density at radius 1 is 1.11 bits per heavy atom. The molecule has 0 aliphatic carbocycles. The zero-order valence-corrected chi connectivity index (χ0v) is 15.5. The van der Waals surface area contributed by atoms with Crippen molar-refractivity contribution in [3.8, 4) is 23.0 Å². The molecule has 4 aromatic rings. The molecule has 1 amide bonds. The Labute approximate surface area is 161 Å². The lowest BCUT2D eigenvalue weighted by atomic mass is 10.2. The first-order chi connectivity index (χ1) is 13.6. The summed E-state index contributed by atoms with van der Waals surface area (Å²) in [5.41, 5.74) is 3.13. The molecule has 3 heterocycles. The minimum Gasteiger partial charge on any atom is -0.334 e. The molecule has 4 rings (SSSR count). The summed E-state index contributed by atoms with van der Waals surface area (Å²) >= 11 is 0. The number of hydrogen-bond acceptors (Lipinski definition) is 6. The molecule has 0 bridgehead atoms. The number of nitrogens with one attached hydrogen (secondary N) is 1. The minimum absolute atomic E-state index is 0.132. The van der Waals surface area contributed by atoms with Crippen LogP contribution in [0.25, 0.3) is 23.0 Å². The molecule has 0 atom stereocenters. The first-order valence-corrected chi connectivity index (χ1v) is 8.74. The molecular weight excluding hydrogens is 356 g/mol. The Morgan fingerprint density at radius 2 is 1.89 bits per heavy atom. The van der Waals surface area contributed by atoms with E-state index in [1.54, 1.807) is 35.3 Å². The van der Waals surface area contributed by atoms with Gasteiger partial charge >= 0.3 is 0 Å². The zero-order chi connectivity index (χ0) is 19.5. The smallest absolute Gasteiger partial charge is 0.258 e. The molecule has 0 fully saturated rings. The third kappa shape index (κ3) is 3.66. The number of amides is 1. The summed E-state index contributed by atoms with van der Waals surface area (Å²) in [5.74, 6) is 1.31. The Kier molecular flexibility index (Phi) is 4.67. The molecule has 1 N–H and O–H groups in total. The van der Waals surface area contributed by atoms with Gasteiger partial charge in [0.05, 0.1) is 0 Å². The second-order valence-corrected chi connectivity index (χ2v) is 6.32. The van der Waals surface area contributed by atoms with Gasteiger partial charge in [0.2, 0.25) is 11.7 Å². The summed E-state index contributed by atoms with van der Waals surface area (Å²) in [4.78, 5) is 25.2. The zero-order valence-electron chi connectivity index (χ0n) is 15.5. The van der Waals surface area contributed by atoms with E-state index < -0.39 is 0 Å². The molecular formula is C20H18N6O2. The minimum atomic E-state index is -0.132. The van der Waals surface area contributed by atoms with Crippen molar-refractivity contribution in [1.29, 1.82) is 0 Å². The van der Waals surface area contributed by atoms with Crippen molar-refractivity contribution >= 4 is 11.6 Å². The standard InChI is InChI=1S/C20H18N6O2/c1-13-5-3-4-6-16(13)23-18(27)12-26-11-17(22-14(26)2)19-24-20(28-25-19)15-7-9-21-10-8-15/h3-11H,12H2,1-2H3,(H,23,27). The monoisotopic (exact) mass is 374 g/mol. The molecule has 0 unspecified atom stereocenters. The SMILES string of the molecule is Cc1ccccc1NC(=O)Cn1cc(-c2noc(-c3ccncc3)n2)nc1C. The predicted octanol–water partition coefficient (Wildman–Crippen LogP) is 3.25. The number of pyridine rings is 1. The van der Waals surface area contributed by atoms with E-state index in [0.29, 0.717) is 23.2 Å². The number of imidazole rings is 1. The topological polar surface area (TPSA) is 98.7 Å². The molecule has 0 aliphatic heterocycles. The average Bonchev–Trinajstić information content (AvgIpc) is 3.32. The van der Waals surface area contributed by atoms with Crippen molar-refractivity contribution in [3.63, 3.8) is 0 Å². The van der Waals surface area contributed by atoms with Crippen LogP contribution in [-0.4, -0.2) is 30.6 Å². The number of nitrogens with zero attached hydrogens (tertiary/aromatic N) is 5. The highest BCUT2D eigenvalue weighted by Crippen LogP contribution is 2.21. The van der Waals surface area contributed by atoms with Gasteiger partial charge in [0.15, 0.2) is 0 Å². The van der Waals surface area contributed by atoms with Gasteiger partial charge in [-0.05, 0) is 37.6 Å². The lowest BCUT2D eigenvalue weighted by Crippen LogP contribution is -2.19. The van der Waals surface area contributed by atoms with Gasteiger partial charge in [0.25, 0.3) is 5.89 Å². The summed E-state index contributed by atoms with van der Waals surface area (Å²) in [6.45, 7) is 3.92. The maximum absolute atomic E-state index is 12.4. The highest BCUT2D eigenvalue weighted by molar-refractivity contribution is 5.91. The van der Waals surface area contributed by atoms with Crippen LogP contribution in [0.1, 0.15) is 11.4 Å². The maximum atomic E-state index is 12.4. The van der Waals surface area contributed by atoms with E-state index in [9.17, 15) is 4.79 Å². The predicted molar refractivity (Wildman–Crippen MR) is 103 cm³/mol. The second-order valence-electron chi connectivity index (χ2n) is 6.32. The van der Waals surface area contributed by atoms with Crippen molar-refractivity contribution in [3.05, 3.63) is 66.4 Å². The summed E-state index contributed by atoms with van der Waals surface area (Å²) < 4.78 is 7.07. The maximum Gasteiger partial charge on any atom is 0.258 e. The van der Waals surface area contributed by atoms with E-state index >= 15 is 0 Å². The molecule has 140 valence electrons. The van der Waals surface area contributed by atoms with Crippen LogP contribution < -0.4 is 5.32 Å². The third-order valence-corrected chi connectivity index (χ3v) is 4.29. The number of rotatable bonds is 5. The fourth-order valence-corrected chi connectivity index (χ4v) is 2.77. The number of anilines is 1. The van der Waals surface area contributed by atoms with Gasteiger partial charge < -0.3 is 14.4 Å². The summed E-state index contributed by atoms with van der Waals surface area (Å²) in [7, 11) is 0. The van der Waals surface area contributed by atoms with Crippen molar-refractivity contribution in [2.45, 2.75) is 20.4 Å². The van der Waals surface area contributed by atoms with Gasteiger partial charge in [-0.15, -0.1) is 0 Å². The fourth-order valence-electron chi connectivity index (χ4n) is 2.77. The molecule has 0 aliphatic rings. The average molecular weight is 374 g/mol. The Hall–Kier alpha value is -3.81. The molecule has 3 aromatic heterocycles. The normalized spacial score (nSPS) is 10.8. The molecule has 8 nitrogen and oxygen atoms in total. The van der Waals surface area contributed by atoms with Gasteiger partial charge in [-0.25, -0.2) is 4.98 Å². The number of carbonyl (C=O) groups is 1. The fraction of sp³-hybridized carbons (Fsp3) is 0.150. The van der Waals surface area contributed by atoms with Gasteiger partial charge in [0.1, 0.15) is 18.1 Å². The quantitative estimate of drug-likeness (QED) is 0.576. The van der Waals surface area contributed by atoms with Crippen LogP contribution in [0.2, 0.25) is 0 Å². The van der Waals surface area contributed by atoms with Gasteiger partial charge in [0, 0.05) is 29.8 Å². The Bertz CT molecular complexity index is 1120. The van der Waals surface area contributed by atoms with E-state index in [-0.39, 0.29) is 12.5 Å². The number of aryl methyl sites for hydroxylation is 2. The molecule has 28 heavy (non-hydrogen) atoms. The third-order valence-electron chi connectivity index (χ3n) is 4.29. The lowest BCUT2D eigenvalue weighted by Gasteiger charge is -2.09. The largest absolute Gasteiger partial charge is 0.334 e. The van der Waals surface area contributed by atoms with Crippen molar-refractivity contribution in [1.82, 2.24) is 24.7 Å². The van der Waals surface area contributed by atoms with E-state index in [1.165, 1.54) is 0 Å². The highest BCUT2D eigenvalue weighted by atomic mass is 16.5. The molecule has 1 aromatic carbocycles. The number of aromatic nitrogens is 5. The number of benzene rings is 1. The Balaban J connectivity index is 1.50. The second kappa shape index (κ2) is 7.43. The van der Waals surface area contributed by atoms with E-state index in [1.807, 2.05) is 38.1 Å². The van der Waals surface area contributed by atoms with Crippen molar-refractivity contribution in [2.75, 3.05) is 5.32 Å².